The molecule has 30 heavy (non-hydrogen) atoms. The van der Waals surface area contributed by atoms with Gasteiger partial charge in [0.15, 0.2) is 0 Å². The Morgan fingerprint density at radius 1 is 1.03 bits per heavy atom. The Balaban J connectivity index is 1.37. The zero-order valence-electron chi connectivity index (χ0n) is 17.0. The van der Waals surface area contributed by atoms with E-state index in [2.05, 4.69) is 10.2 Å². The van der Waals surface area contributed by atoms with Crippen molar-refractivity contribution in [3.63, 3.8) is 0 Å². The Bertz CT molecular complexity index is 874. The summed E-state index contributed by atoms with van der Waals surface area (Å²) in [5.74, 6) is 0.255. The van der Waals surface area contributed by atoms with Crippen LogP contribution in [-0.4, -0.2) is 68.0 Å². The standard InChI is InChI=1S/C23H26FN3O3/c1-30-21-9-5-19(6-10-21)23(29)25-12-13-26-14-16-27(17-15-26)22(28)11-4-18-2-7-20(24)8-3-18/h2-11H,12-17H2,1H3,(H,25,29). The van der Waals surface area contributed by atoms with Crippen molar-refractivity contribution in [3.05, 3.63) is 71.6 Å². The van der Waals surface area contributed by atoms with Gasteiger partial charge in [-0.2, -0.15) is 0 Å². The maximum atomic E-state index is 12.9. The SMILES string of the molecule is COc1ccc(C(=O)NCCN2CCN(C(=O)C=Cc3ccc(F)cc3)CC2)cc1. The summed E-state index contributed by atoms with van der Waals surface area (Å²) in [4.78, 5) is 28.5. The first kappa shape index (κ1) is 21.5. The van der Waals surface area contributed by atoms with Gasteiger partial charge >= 0.3 is 0 Å². The fourth-order valence-corrected chi connectivity index (χ4v) is 3.21. The molecular weight excluding hydrogens is 385 g/mol. The second-order valence-electron chi connectivity index (χ2n) is 7.04. The number of piperazine rings is 1. The minimum Gasteiger partial charge on any atom is -0.497 e. The van der Waals surface area contributed by atoms with Crippen molar-refractivity contribution < 1.29 is 18.7 Å². The monoisotopic (exact) mass is 411 g/mol. The second kappa shape index (κ2) is 10.5. The van der Waals surface area contributed by atoms with Crippen LogP contribution in [0.4, 0.5) is 4.39 Å². The molecule has 0 unspecified atom stereocenters. The van der Waals surface area contributed by atoms with Crippen LogP contribution in [0, 0.1) is 5.82 Å². The van der Waals surface area contributed by atoms with Crippen LogP contribution in [0.5, 0.6) is 5.75 Å². The summed E-state index contributed by atoms with van der Waals surface area (Å²) >= 11 is 0. The molecule has 0 radical (unpaired) electrons. The lowest BCUT2D eigenvalue weighted by Crippen LogP contribution is -2.49. The number of carbonyl (C=O) groups is 2. The number of methoxy groups -OCH3 is 1. The molecule has 0 aromatic heterocycles. The highest BCUT2D eigenvalue weighted by atomic mass is 19.1. The summed E-state index contributed by atoms with van der Waals surface area (Å²) in [6.45, 7) is 4.07. The Hall–Kier alpha value is -3.19. The van der Waals surface area contributed by atoms with Crippen molar-refractivity contribution in [1.29, 1.82) is 0 Å². The van der Waals surface area contributed by atoms with Crippen molar-refractivity contribution in [2.75, 3.05) is 46.4 Å². The quantitative estimate of drug-likeness (QED) is 0.711. The summed E-state index contributed by atoms with van der Waals surface area (Å²) in [5, 5.41) is 2.92. The molecule has 3 rings (SSSR count). The maximum absolute atomic E-state index is 12.9. The summed E-state index contributed by atoms with van der Waals surface area (Å²) in [7, 11) is 1.59. The van der Waals surface area contributed by atoms with E-state index in [-0.39, 0.29) is 17.6 Å². The first-order chi connectivity index (χ1) is 14.5. The second-order valence-corrected chi connectivity index (χ2v) is 7.04. The predicted molar refractivity (Wildman–Crippen MR) is 114 cm³/mol. The number of halogens is 1. The lowest BCUT2D eigenvalue weighted by molar-refractivity contribution is -0.127. The highest BCUT2D eigenvalue weighted by Crippen LogP contribution is 2.11. The van der Waals surface area contributed by atoms with Crippen molar-refractivity contribution in [2.24, 2.45) is 0 Å². The van der Waals surface area contributed by atoms with Gasteiger partial charge in [0.05, 0.1) is 7.11 Å². The molecule has 1 N–H and O–H groups in total. The van der Waals surface area contributed by atoms with Crippen molar-refractivity contribution in [3.8, 4) is 5.75 Å². The average molecular weight is 411 g/mol. The number of rotatable bonds is 7. The number of nitrogens with one attached hydrogen (secondary N) is 1. The van der Waals surface area contributed by atoms with Gasteiger partial charge in [0, 0.05) is 50.9 Å². The third-order valence-corrected chi connectivity index (χ3v) is 5.04. The molecule has 0 spiro atoms. The van der Waals surface area contributed by atoms with Crippen LogP contribution >= 0.6 is 0 Å². The lowest BCUT2D eigenvalue weighted by Gasteiger charge is -2.34. The van der Waals surface area contributed by atoms with E-state index < -0.39 is 0 Å². The number of amides is 2. The molecule has 158 valence electrons. The zero-order chi connectivity index (χ0) is 21.3. The van der Waals surface area contributed by atoms with E-state index >= 15 is 0 Å². The minimum absolute atomic E-state index is 0.0493. The van der Waals surface area contributed by atoms with Crippen LogP contribution in [-0.2, 0) is 4.79 Å². The lowest BCUT2D eigenvalue weighted by atomic mass is 10.2. The van der Waals surface area contributed by atoms with Crippen LogP contribution in [0.15, 0.2) is 54.6 Å². The van der Waals surface area contributed by atoms with Crippen LogP contribution in [0.1, 0.15) is 15.9 Å². The third-order valence-electron chi connectivity index (χ3n) is 5.04. The van der Waals surface area contributed by atoms with E-state index in [1.165, 1.54) is 18.2 Å². The van der Waals surface area contributed by atoms with E-state index in [4.69, 9.17) is 4.74 Å². The molecule has 2 amide bonds. The molecule has 0 atom stereocenters. The molecule has 1 heterocycles. The number of ether oxygens (including phenoxy) is 1. The molecule has 1 saturated heterocycles. The number of carbonyl (C=O) groups excluding carboxylic acids is 2. The van der Waals surface area contributed by atoms with Gasteiger partial charge < -0.3 is 15.0 Å². The Morgan fingerprint density at radius 3 is 2.33 bits per heavy atom. The van der Waals surface area contributed by atoms with E-state index in [9.17, 15) is 14.0 Å². The summed E-state index contributed by atoms with van der Waals surface area (Å²) in [6.07, 6.45) is 3.22. The van der Waals surface area contributed by atoms with Crippen LogP contribution in [0.25, 0.3) is 6.08 Å². The van der Waals surface area contributed by atoms with E-state index in [1.807, 2.05) is 0 Å². The van der Waals surface area contributed by atoms with E-state index in [1.54, 1.807) is 54.5 Å². The van der Waals surface area contributed by atoms with E-state index in [0.717, 1.165) is 25.2 Å². The molecule has 2 aromatic rings. The van der Waals surface area contributed by atoms with Crippen molar-refractivity contribution in [1.82, 2.24) is 15.1 Å². The predicted octanol–water partition coefficient (Wildman–Crippen LogP) is 2.42. The molecule has 1 aliphatic heterocycles. The maximum Gasteiger partial charge on any atom is 0.251 e. The summed E-state index contributed by atoms with van der Waals surface area (Å²) in [6, 6.07) is 13.0. The highest BCUT2D eigenvalue weighted by Gasteiger charge is 2.19. The summed E-state index contributed by atoms with van der Waals surface area (Å²) < 4.78 is 18.0. The van der Waals surface area contributed by atoms with Crippen LogP contribution in [0.2, 0.25) is 0 Å². The van der Waals surface area contributed by atoms with Gasteiger partial charge in [-0.25, -0.2) is 4.39 Å². The smallest absolute Gasteiger partial charge is 0.251 e. The van der Waals surface area contributed by atoms with Crippen LogP contribution in [0.3, 0.4) is 0 Å². The van der Waals surface area contributed by atoms with Gasteiger partial charge in [-0.3, -0.25) is 14.5 Å². The van der Waals surface area contributed by atoms with Gasteiger partial charge in [0.25, 0.3) is 5.91 Å². The van der Waals surface area contributed by atoms with Gasteiger partial charge in [0.1, 0.15) is 11.6 Å². The normalized spacial score (nSPS) is 14.7. The zero-order valence-corrected chi connectivity index (χ0v) is 17.0. The summed E-state index contributed by atoms with van der Waals surface area (Å²) in [5.41, 5.74) is 1.38. The largest absolute Gasteiger partial charge is 0.497 e. The molecule has 2 aromatic carbocycles. The minimum atomic E-state index is -0.296. The number of nitrogens with zero attached hydrogens (tertiary/aromatic N) is 2. The molecular formula is C23H26FN3O3. The Morgan fingerprint density at radius 2 is 1.70 bits per heavy atom. The van der Waals surface area contributed by atoms with Gasteiger partial charge in [-0.05, 0) is 48.0 Å². The van der Waals surface area contributed by atoms with Crippen LogP contribution < -0.4 is 10.1 Å². The molecule has 7 heteroatoms. The van der Waals surface area contributed by atoms with Crippen molar-refractivity contribution >= 4 is 17.9 Å². The fourth-order valence-electron chi connectivity index (χ4n) is 3.21. The number of hydrogen-bond donors (Lipinski definition) is 1. The third kappa shape index (κ3) is 6.15. The topological polar surface area (TPSA) is 61.9 Å². The van der Waals surface area contributed by atoms with E-state index in [0.29, 0.717) is 30.9 Å². The Labute approximate surface area is 175 Å². The average Bonchev–Trinajstić information content (AvgIpc) is 2.79. The number of benzene rings is 2. The van der Waals surface area contributed by atoms with Gasteiger partial charge in [0.2, 0.25) is 5.91 Å². The van der Waals surface area contributed by atoms with Gasteiger partial charge in [-0.15, -0.1) is 0 Å². The molecule has 1 fully saturated rings. The number of hydrogen-bond acceptors (Lipinski definition) is 4. The molecule has 1 aliphatic rings. The fraction of sp³-hybridized carbons (Fsp3) is 0.304. The Kier molecular flexibility index (Phi) is 7.57. The highest BCUT2D eigenvalue weighted by molar-refractivity contribution is 5.94. The molecule has 0 saturated carbocycles. The molecule has 0 bridgehead atoms. The molecule has 6 nitrogen and oxygen atoms in total. The first-order valence-corrected chi connectivity index (χ1v) is 9.92. The van der Waals surface area contributed by atoms with Crippen molar-refractivity contribution in [2.45, 2.75) is 0 Å². The van der Waals surface area contributed by atoms with Gasteiger partial charge in [-0.1, -0.05) is 12.1 Å². The first-order valence-electron chi connectivity index (χ1n) is 9.92. The molecule has 0 aliphatic carbocycles.